The number of nitrogens with zero attached hydrogens (tertiary/aromatic N) is 3. The van der Waals surface area contributed by atoms with Crippen LogP contribution in [0.15, 0.2) is 12.4 Å². The van der Waals surface area contributed by atoms with Gasteiger partial charge in [0, 0.05) is 13.1 Å². The van der Waals surface area contributed by atoms with E-state index in [1.807, 2.05) is 13.8 Å². The molecule has 1 rings (SSSR count). The molecular weight excluding hydrogens is 206 g/mol. The van der Waals surface area contributed by atoms with Gasteiger partial charge in [-0.15, -0.1) is 0 Å². The summed E-state index contributed by atoms with van der Waals surface area (Å²) in [6, 6.07) is 0. The Morgan fingerprint density at radius 1 is 1.44 bits per heavy atom. The van der Waals surface area contributed by atoms with Crippen molar-refractivity contribution < 1.29 is 4.79 Å². The van der Waals surface area contributed by atoms with Gasteiger partial charge < -0.3 is 10.3 Å². The van der Waals surface area contributed by atoms with Gasteiger partial charge in [-0.3, -0.25) is 4.79 Å². The zero-order chi connectivity index (χ0) is 12.0. The normalized spacial score (nSPS) is 9.94. The fraction of sp³-hybridized carbons (Fsp3) is 0.500. The summed E-state index contributed by atoms with van der Waals surface area (Å²) < 4.78 is 0. The molecule has 0 fully saturated rings. The van der Waals surface area contributed by atoms with Crippen molar-refractivity contribution >= 4 is 11.7 Å². The molecular formula is C10H17N5O. The molecule has 0 bridgehead atoms. The monoisotopic (exact) mass is 223 g/mol. The molecule has 1 heterocycles. The molecule has 6 nitrogen and oxygen atoms in total. The fourth-order valence-electron chi connectivity index (χ4n) is 1.35. The molecule has 0 atom stereocenters. The van der Waals surface area contributed by atoms with E-state index in [-0.39, 0.29) is 5.91 Å². The Balaban J connectivity index is 2.78. The maximum absolute atomic E-state index is 11.9. The highest BCUT2D eigenvalue weighted by molar-refractivity contribution is 5.92. The van der Waals surface area contributed by atoms with Crippen LogP contribution in [0.5, 0.6) is 0 Å². The van der Waals surface area contributed by atoms with Gasteiger partial charge in [0.05, 0.1) is 12.4 Å². The number of hydrazine groups is 1. The van der Waals surface area contributed by atoms with Crippen LogP contribution in [0.4, 0.5) is 5.82 Å². The van der Waals surface area contributed by atoms with Crippen LogP contribution >= 0.6 is 0 Å². The van der Waals surface area contributed by atoms with Crippen LogP contribution in [-0.4, -0.2) is 33.9 Å². The fourth-order valence-corrected chi connectivity index (χ4v) is 1.35. The second-order valence-corrected chi connectivity index (χ2v) is 3.32. The first-order valence-corrected chi connectivity index (χ1v) is 5.30. The lowest BCUT2D eigenvalue weighted by molar-refractivity contribution is 0.0758. The standard InChI is InChI=1S/C10H17N5O/c1-3-5-15(4-2)10(16)8-6-13-9(14-11)7-12-8/h6-7H,3-5,11H2,1-2H3,(H,13,14). The highest BCUT2D eigenvalue weighted by Crippen LogP contribution is 2.04. The van der Waals surface area contributed by atoms with Crippen molar-refractivity contribution in [2.24, 2.45) is 5.84 Å². The zero-order valence-electron chi connectivity index (χ0n) is 9.60. The van der Waals surface area contributed by atoms with Crippen molar-refractivity contribution in [1.82, 2.24) is 14.9 Å². The lowest BCUT2D eigenvalue weighted by Crippen LogP contribution is -2.32. The summed E-state index contributed by atoms with van der Waals surface area (Å²) in [6.07, 6.45) is 3.79. The molecule has 0 aliphatic heterocycles. The lowest BCUT2D eigenvalue weighted by atomic mass is 10.3. The lowest BCUT2D eigenvalue weighted by Gasteiger charge is -2.19. The van der Waals surface area contributed by atoms with Crippen LogP contribution in [0.2, 0.25) is 0 Å². The predicted molar refractivity (Wildman–Crippen MR) is 61.7 cm³/mol. The average molecular weight is 223 g/mol. The van der Waals surface area contributed by atoms with E-state index < -0.39 is 0 Å². The summed E-state index contributed by atoms with van der Waals surface area (Å²) >= 11 is 0. The van der Waals surface area contributed by atoms with Gasteiger partial charge in [-0.05, 0) is 13.3 Å². The van der Waals surface area contributed by atoms with Crippen molar-refractivity contribution in [3.05, 3.63) is 18.1 Å². The second kappa shape index (κ2) is 6.02. The molecule has 0 saturated carbocycles. The Morgan fingerprint density at radius 3 is 2.62 bits per heavy atom. The average Bonchev–Trinajstić information content (AvgIpc) is 2.35. The molecule has 1 amide bonds. The number of nitrogens with one attached hydrogen (secondary N) is 1. The van der Waals surface area contributed by atoms with Gasteiger partial charge in [0.2, 0.25) is 0 Å². The number of nitrogen functional groups attached to an aromatic ring is 1. The summed E-state index contributed by atoms with van der Waals surface area (Å²) in [5.74, 6) is 5.50. The van der Waals surface area contributed by atoms with Gasteiger partial charge in [-0.2, -0.15) is 0 Å². The third-order valence-electron chi connectivity index (χ3n) is 2.18. The number of amides is 1. The Labute approximate surface area is 94.8 Å². The summed E-state index contributed by atoms with van der Waals surface area (Å²) in [4.78, 5) is 21.6. The van der Waals surface area contributed by atoms with E-state index in [2.05, 4.69) is 15.4 Å². The molecule has 0 saturated heterocycles. The van der Waals surface area contributed by atoms with E-state index in [1.54, 1.807) is 4.90 Å². The number of anilines is 1. The molecule has 0 aliphatic carbocycles. The van der Waals surface area contributed by atoms with Crippen molar-refractivity contribution in [3.63, 3.8) is 0 Å². The molecule has 0 spiro atoms. The predicted octanol–water partition coefficient (Wildman–Crippen LogP) is 0.634. The third kappa shape index (κ3) is 2.90. The van der Waals surface area contributed by atoms with E-state index in [0.29, 0.717) is 18.1 Å². The highest BCUT2D eigenvalue weighted by atomic mass is 16.2. The number of hydrogen-bond acceptors (Lipinski definition) is 5. The van der Waals surface area contributed by atoms with Crippen LogP contribution in [-0.2, 0) is 0 Å². The molecule has 1 aromatic rings. The number of carbonyl (C=O) groups is 1. The molecule has 88 valence electrons. The molecule has 0 unspecified atom stereocenters. The smallest absolute Gasteiger partial charge is 0.274 e. The SMILES string of the molecule is CCCN(CC)C(=O)c1cnc(NN)cn1. The Kier molecular flexibility index (Phi) is 4.65. The molecule has 0 radical (unpaired) electrons. The van der Waals surface area contributed by atoms with Crippen LogP contribution < -0.4 is 11.3 Å². The minimum absolute atomic E-state index is 0.0968. The summed E-state index contributed by atoms with van der Waals surface area (Å²) in [7, 11) is 0. The van der Waals surface area contributed by atoms with Crippen molar-refractivity contribution in [2.75, 3.05) is 18.5 Å². The number of hydrogen-bond donors (Lipinski definition) is 2. The first kappa shape index (κ1) is 12.4. The van der Waals surface area contributed by atoms with E-state index in [0.717, 1.165) is 13.0 Å². The first-order chi connectivity index (χ1) is 7.72. The number of nitrogens with two attached hydrogens (primary N) is 1. The summed E-state index contributed by atoms with van der Waals surface area (Å²) in [5.41, 5.74) is 2.70. The molecule has 6 heteroatoms. The maximum atomic E-state index is 11.9. The molecule has 0 aromatic carbocycles. The van der Waals surface area contributed by atoms with Crippen molar-refractivity contribution in [2.45, 2.75) is 20.3 Å². The van der Waals surface area contributed by atoms with Crippen LogP contribution in [0.3, 0.4) is 0 Å². The van der Waals surface area contributed by atoms with Crippen molar-refractivity contribution in [1.29, 1.82) is 0 Å². The summed E-state index contributed by atoms with van der Waals surface area (Å²) in [6.45, 7) is 5.37. The Hall–Kier alpha value is -1.69. The maximum Gasteiger partial charge on any atom is 0.274 e. The van der Waals surface area contributed by atoms with Crippen LogP contribution in [0, 0.1) is 0 Å². The van der Waals surface area contributed by atoms with Gasteiger partial charge in [0.1, 0.15) is 5.69 Å². The minimum Gasteiger partial charge on any atom is -0.338 e. The third-order valence-corrected chi connectivity index (χ3v) is 2.18. The minimum atomic E-state index is -0.0968. The molecule has 1 aromatic heterocycles. The Morgan fingerprint density at radius 2 is 2.19 bits per heavy atom. The van der Waals surface area contributed by atoms with Gasteiger partial charge in [-0.25, -0.2) is 15.8 Å². The van der Waals surface area contributed by atoms with E-state index in [1.165, 1.54) is 12.4 Å². The van der Waals surface area contributed by atoms with Gasteiger partial charge in [-0.1, -0.05) is 6.92 Å². The highest BCUT2D eigenvalue weighted by Gasteiger charge is 2.14. The first-order valence-electron chi connectivity index (χ1n) is 5.30. The van der Waals surface area contributed by atoms with E-state index in [4.69, 9.17) is 5.84 Å². The number of rotatable bonds is 5. The van der Waals surface area contributed by atoms with Gasteiger partial charge in [0.25, 0.3) is 5.91 Å². The van der Waals surface area contributed by atoms with Gasteiger partial charge in [0.15, 0.2) is 5.82 Å². The van der Waals surface area contributed by atoms with E-state index in [9.17, 15) is 4.79 Å². The Bertz CT molecular complexity index is 338. The van der Waals surface area contributed by atoms with Crippen molar-refractivity contribution in [3.8, 4) is 0 Å². The number of aromatic nitrogens is 2. The number of carbonyl (C=O) groups excluding carboxylic acids is 1. The molecule has 16 heavy (non-hydrogen) atoms. The van der Waals surface area contributed by atoms with E-state index >= 15 is 0 Å². The quantitative estimate of drug-likeness (QED) is 0.565. The second-order valence-electron chi connectivity index (χ2n) is 3.32. The summed E-state index contributed by atoms with van der Waals surface area (Å²) in [5, 5.41) is 0. The largest absolute Gasteiger partial charge is 0.338 e. The molecule has 3 N–H and O–H groups in total. The van der Waals surface area contributed by atoms with Gasteiger partial charge >= 0.3 is 0 Å². The zero-order valence-corrected chi connectivity index (χ0v) is 9.60. The molecule has 0 aliphatic rings. The topological polar surface area (TPSA) is 84.1 Å². The van der Waals surface area contributed by atoms with Crippen LogP contribution in [0.1, 0.15) is 30.8 Å². The van der Waals surface area contributed by atoms with Crippen LogP contribution in [0.25, 0.3) is 0 Å².